The van der Waals surface area contributed by atoms with Crippen LogP contribution >= 0.6 is 24.0 Å². The molecule has 0 saturated carbocycles. The van der Waals surface area contributed by atoms with Gasteiger partial charge < -0.3 is 11.2 Å². The van der Waals surface area contributed by atoms with Crippen LogP contribution in [0.25, 0.3) is 21.7 Å². The van der Waals surface area contributed by atoms with Crippen molar-refractivity contribution in [1.82, 2.24) is 4.98 Å². The molecule has 3 N–H and O–H groups in total. The van der Waals surface area contributed by atoms with Gasteiger partial charge in [0.1, 0.15) is 5.36 Å². The highest BCUT2D eigenvalue weighted by atomic mass is 127. The maximum atomic E-state index is 12.5. The van der Waals surface area contributed by atoms with Crippen molar-refractivity contribution in [1.29, 1.82) is 0 Å². The Morgan fingerprint density at radius 2 is 1.50 bits per heavy atom. The highest BCUT2D eigenvalue weighted by Crippen LogP contribution is 2.18. The molecule has 1 heterocycles. The molecule has 0 bridgehead atoms. The van der Waals surface area contributed by atoms with E-state index in [2.05, 4.69) is 15.4 Å². The fourth-order valence-corrected chi connectivity index (χ4v) is 2.66. The lowest BCUT2D eigenvalue weighted by atomic mass is 10.1. The van der Waals surface area contributed by atoms with E-state index in [4.69, 9.17) is 5.84 Å². The van der Waals surface area contributed by atoms with Gasteiger partial charge in [0.15, 0.2) is 0 Å². The summed E-state index contributed by atoms with van der Waals surface area (Å²) >= 11 is 0. The molecular formula is C20H25IN4O. The first-order valence-electron chi connectivity index (χ1n) is 8.48. The van der Waals surface area contributed by atoms with E-state index in [9.17, 15) is 4.79 Å². The summed E-state index contributed by atoms with van der Waals surface area (Å²) in [5, 5.41) is 9.93. The van der Waals surface area contributed by atoms with Crippen molar-refractivity contribution in [2.45, 2.75) is 33.7 Å². The predicted octanol–water partition coefficient (Wildman–Crippen LogP) is 3.99. The zero-order valence-corrected chi connectivity index (χ0v) is 17.8. The Bertz CT molecular complexity index is 1020. The summed E-state index contributed by atoms with van der Waals surface area (Å²) in [4.78, 5) is 16.8. The van der Waals surface area contributed by atoms with Crippen LogP contribution in [0, 0.1) is 0 Å². The maximum absolute atomic E-state index is 12.5. The molecule has 0 aliphatic rings. The van der Waals surface area contributed by atoms with Gasteiger partial charge in [0.25, 0.3) is 5.56 Å². The van der Waals surface area contributed by atoms with E-state index in [1.165, 1.54) is 0 Å². The fraction of sp³-hybridized carbons (Fsp3) is 0.250. The molecular weight excluding hydrogens is 439 g/mol. The van der Waals surface area contributed by atoms with Gasteiger partial charge >= 0.3 is 0 Å². The predicted molar refractivity (Wildman–Crippen MR) is 121 cm³/mol. The summed E-state index contributed by atoms with van der Waals surface area (Å²) in [5.41, 5.74) is 1.09. The minimum Gasteiger partial charge on any atom is -0.381 e. The molecule has 138 valence electrons. The summed E-state index contributed by atoms with van der Waals surface area (Å²) in [5.74, 6) is 5.69. The van der Waals surface area contributed by atoms with E-state index in [1.807, 2.05) is 70.2 Å². The van der Waals surface area contributed by atoms with Crippen LogP contribution in [0.1, 0.15) is 27.7 Å². The highest BCUT2D eigenvalue weighted by molar-refractivity contribution is 14.0. The third kappa shape index (κ3) is 4.49. The van der Waals surface area contributed by atoms with E-state index in [0.29, 0.717) is 21.6 Å². The van der Waals surface area contributed by atoms with Gasteiger partial charge in [0, 0.05) is 16.8 Å². The standard InChI is InChI=1S/C18H18N4O.C2H6.HI/c1-11(2)20-16-14-9-5-6-10-15(14)21-18(23)13-8-4-3-7-12(13)17(16)22-19;1-2;/h3-11,20H,19H2,1-2H3;1-2H3;1H/b16-14?,21-15?,22-17-;;. The van der Waals surface area contributed by atoms with E-state index in [0.717, 1.165) is 11.1 Å². The normalized spacial score (nSPS) is 10.9. The molecule has 0 spiro atoms. The monoisotopic (exact) mass is 464 g/mol. The Kier molecular flexibility index (Phi) is 8.44. The molecule has 2 aromatic carbocycles. The number of aromatic nitrogens is 1. The Hall–Kier alpha value is -2.22. The molecule has 0 aliphatic heterocycles. The Morgan fingerprint density at radius 3 is 2.08 bits per heavy atom. The van der Waals surface area contributed by atoms with Crippen LogP contribution in [-0.2, 0) is 0 Å². The second-order valence-electron chi connectivity index (χ2n) is 5.63. The van der Waals surface area contributed by atoms with Gasteiger partial charge in [-0.3, -0.25) is 4.79 Å². The number of hydrogen-bond donors (Lipinski definition) is 2. The number of nitrogens with zero attached hydrogens (tertiary/aromatic N) is 2. The third-order valence-corrected chi connectivity index (χ3v) is 3.61. The molecule has 0 fully saturated rings. The first kappa shape index (κ1) is 21.8. The van der Waals surface area contributed by atoms with Crippen LogP contribution in [-0.4, -0.2) is 11.0 Å². The van der Waals surface area contributed by atoms with E-state index < -0.39 is 0 Å². The van der Waals surface area contributed by atoms with Crippen LogP contribution in [0.5, 0.6) is 0 Å². The number of hydrogen-bond acceptors (Lipinski definition) is 5. The summed E-state index contributed by atoms with van der Waals surface area (Å²) in [6.07, 6.45) is 0. The van der Waals surface area contributed by atoms with Crippen molar-refractivity contribution in [3.63, 3.8) is 0 Å². The fourth-order valence-electron chi connectivity index (χ4n) is 2.66. The molecule has 6 heteroatoms. The van der Waals surface area contributed by atoms with Gasteiger partial charge in [0.2, 0.25) is 0 Å². The molecule has 3 aromatic rings. The number of nitrogens with two attached hydrogens (primary N) is 1. The molecule has 0 saturated heterocycles. The molecule has 0 amide bonds. The number of para-hydroxylation sites is 1. The first-order valence-corrected chi connectivity index (χ1v) is 8.48. The SMILES string of the molecule is CC.CC(C)Nc1/c(=N\N)c2ccccc2c(=O)nc2ccccc12.I. The van der Waals surface area contributed by atoms with Crippen LogP contribution in [0.15, 0.2) is 58.4 Å². The molecule has 1 aromatic heterocycles. The van der Waals surface area contributed by atoms with Gasteiger partial charge in [0.05, 0.1) is 16.6 Å². The molecule has 5 nitrogen and oxygen atoms in total. The Morgan fingerprint density at radius 1 is 0.962 bits per heavy atom. The average molecular weight is 464 g/mol. The third-order valence-electron chi connectivity index (χ3n) is 3.61. The van der Waals surface area contributed by atoms with Crippen molar-refractivity contribution >= 4 is 51.3 Å². The van der Waals surface area contributed by atoms with Gasteiger partial charge in [-0.2, -0.15) is 5.10 Å². The second kappa shape index (κ2) is 10.1. The van der Waals surface area contributed by atoms with Crippen LogP contribution in [0.3, 0.4) is 0 Å². The number of nitrogens with one attached hydrogen (secondary N) is 1. The molecule has 26 heavy (non-hydrogen) atoms. The number of anilines is 1. The molecule has 0 atom stereocenters. The Labute approximate surface area is 170 Å². The van der Waals surface area contributed by atoms with Crippen molar-refractivity contribution in [2.24, 2.45) is 10.9 Å². The number of fused-ring (bicyclic) bond motifs is 2. The van der Waals surface area contributed by atoms with Crippen molar-refractivity contribution in [2.75, 3.05) is 5.32 Å². The zero-order chi connectivity index (χ0) is 18.4. The number of halogens is 1. The van der Waals surface area contributed by atoms with E-state index in [-0.39, 0.29) is 35.6 Å². The lowest BCUT2D eigenvalue weighted by Gasteiger charge is -2.12. The second-order valence-corrected chi connectivity index (χ2v) is 5.63. The van der Waals surface area contributed by atoms with Crippen LogP contribution in [0.2, 0.25) is 0 Å². The van der Waals surface area contributed by atoms with Crippen molar-refractivity contribution in [3.8, 4) is 0 Å². The van der Waals surface area contributed by atoms with Crippen molar-refractivity contribution in [3.05, 3.63) is 64.2 Å². The number of rotatable bonds is 2. The van der Waals surface area contributed by atoms with Gasteiger partial charge in [-0.25, -0.2) is 4.98 Å². The summed E-state index contributed by atoms with van der Waals surface area (Å²) in [6, 6.07) is 14.9. The minimum absolute atomic E-state index is 0. The summed E-state index contributed by atoms with van der Waals surface area (Å²) < 4.78 is 0. The molecule has 0 radical (unpaired) electrons. The van der Waals surface area contributed by atoms with Crippen LogP contribution < -0.4 is 22.1 Å². The zero-order valence-electron chi connectivity index (χ0n) is 15.5. The Balaban J connectivity index is 0.00000109. The number of benzene rings is 2. The summed E-state index contributed by atoms with van der Waals surface area (Å²) in [6.45, 7) is 8.08. The van der Waals surface area contributed by atoms with Gasteiger partial charge in [-0.1, -0.05) is 50.2 Å². The topological polar surface area (TPSA) is 80.4 Å². The minimum atomic E-state index is -0.294. The smallest absolute Gasteiger partial charge is 0.278 e. The molecule has 0 unspecified atom stereocenters. The van der Waals surface area contributed by atoms with E-state index >= 15 is 0 Å². The quantitative estimate of drug-likeness (QED) is 0.342. The summed E-state index contributed by atoms with van der Waals surface area (Å²) in [7, 11) is 0. The lowest BCUT2D eigenvalue weighted by Crippen LogP contribution is -2.21. The van der Waals surface area contributed by atoms with Crippen LogP contribution in [0.4, 0.5) is 5.69 Å². The first-order chi connectivity index (χ1) is 12.1. The largest absolute Gasteiger partial charge is 0.381 e. The van der Waals surface area contributed by atoms with E-state index in [1.54, 1.807) is 6.07 Å². The average Bonchev–Trinajstić information content (AvgIpc) is 2.63. The van der Waals surface area contributed by atoms with Gasteiger partial charge in [-0.05, 0) is 26.0 Å². The highest BCUT2D eigenvalue weighted by Gasteiger charge is 2.09. The maximum Gasteiger partial charge on any atom is 0.278 e. The molecule has 3 rings (SSSR count). The van der Waals surface area contributed by atoms with Gasteiger partial charge in [-0.15, -0.1) is 24.0 Å². The lowest BCUT2D eigenvalue weighted by molar-refractivity contribution is 0.897. The van der Waals surface area contributed by atoms with Crippen molar-refractivity contribution < 1.29 is 0 Å². The molecule has 0 aliphatic carbocycles.